The zero-order valence-corrected chi connectivity index (χ0v) is 15.4. The fraction of sp³-hybridized carbons (Fsp3) is 0.833. The van der Waals surface area contributed by atoms with Crippen LogP contribution in [-0.4, -0.2) is 4.98 Å². The van der Waals surface area contributed by atoms with E-state index in [2.05, 4.69) is 46.9 Å². The number of hydrogen-bond acceptors (Lipinski definition) is 3. The average Bonchev–Trinajstić information content (AvgIpc) is 2.86. The van der Waals surface area contributed by atoms with E-state index in [0.29, 0.717) is 11.3 Å². The summed E-state index contributed by atoms with van der Waals surface area (Å²) in [5.41, 5.74) is 8.27. The summed E-state index contributed by atoms with van der Waals surface area (Å²) in [5.74, 6) is 1.46. The molecule has 21 heavy (non-hydrogen) atoms. The lowest BCUT2D eigenvalue weighted by Gasteiger charge is -2.38. The molecule has 1 fully saturated rings. The molecule has 1 aliphatic rings. The minimum Gasteiger partial charge on any atom is -0.322 e. The lowest BCUT2D eigenvalue weighted by atomic mass is 9.68. The maximum absolute atomic E-state index is 6.53. The normalized spacial score (nSPS) is 25.9. The topological polar surface area (TPSA) is 38.9 Å². The highest BCUT2D eigenvalue weighted by molar-refractivity contribution is 7.09. The van der Waals surface area contributed by atoms with Crippen molar-refractivity contribution in [2.45, 2.75) is 78.7 Å². The lowest BCUT2D eigenvalue weighted by molar-refractivity contribution is 0.139. The van der Waals surface area contributed by atoms with Gasteiger partial charge in [0.05, 0.1) is 11.7 Å². The molecule has 0 saturated heterocycles. The Morgan fingerprint density at radius 1 is 1.10 bits per heavy atom. The molecule has 0 radical (unpaired) electrons. The van der Waals surface area contributed by atoms with E-state index in [1.165, 1.54) is 31.4 Å². The molecular formula is C18H32N2S. The van der Waals surface area contributed by atoms with Gasteiger partial charge in [0.25, 0.3) is 0 Å². The third-order valence-electron chi connectivity index (χ3n) is 5.08. The minimum absolute atomic E-state index is 0.123. The molecule has 0 amide bonds. The van der Waals surface area contributed by atoms with Crippen LogP contribution in [0.3, 0.4) is 0 Å². The van der Waals surface area contributed by atoms with Gasteiger partial charge in [0.1, 0.15) is 5.01 Å². The molecule has 1 atom stereocenters. The molecule has 3 heteroatoms. The summed E-state index contributed by atoms with van der Waals surface area (Å²) in [7, 11) is 0. The summed E-state index contributed by atoms with van der Waals surface area (Å²) in [6.45, 7) is 13.8. The number of nitrogens with two attached hydrogens (primary N) is 1. The van der Waals surface area contributed by atoms with Gasteiger partial charge in [0, 0.05) is 10.8 Å². The molecule has 1 unspecified atom stereocenters. The number of hydrogen-bond donors (Lipinski definition) is 1. The van der Waals surface area contributed by atoms with Gasteiger partial charge in [-0.3, -0.25) is 0 Å². The van der Waals surface area contributed by atoms with Crippen LogP contribution in [0.2, 0.25) is 0 Å². The van der Waals surface area contributed by atoms with Crippen molar-refractivity contribution in [1.82, 2.24) is 4.98 Å². The summed E-state index contributed by atoms with van der Waals surface area (Å²) >= 11 is 1.75. The second kappa shape index (κ2) is 6.00. The van der Waals surface area contributed by atoms with E-state index >= 15 is 0 Å². The van der Waals surface area contributed by atoms with Crippen LogP contribution in [0.1, 0.15) is 84.0 Å². The first kappa shape index (κ1) is 17.0. The van der Waals surface area contributed by atoms with Gasteiger partial charge in [-0.05, 0) is 42.9 Å². The monoisotopic (exact) mass is 308 g/mol. The molecule has 2 N–H and O–H groups in total. The largest absolute Gasteiger partial charge is 0.322 e. The highest BCUT2D eigenvalue weighted by atomic mass is 32.1. The van der Waals surface area contributed by atoms with E-state index < -0.39 is 0 Å². The molecule has 1 aromatic rings. The van der Waals surface area contributed by atoms with Crippen LogP contribution >= 0.6 is 11.3 Å². The van der Waals surface area contributed by atoms with Crippen molar-refractivity contribution in [2.24, 2.45) is 23.0 Å². The van der Waals surface area contributed by atoms with Crippen LogP contribution in [0.25, 0.3) is 0 Å². The number of nitrogens with zero attached hydrogens (tertiary/aromatic N) is 1. The highest BCUT2D eigenvalue weighted by Crippen LogP contribution is 2.43. The molecule has 120 valence electrons. The molecule has 2 rings (SSSR count). The van der Waals surface area contributed by atoms with Crippen molar-refractivity contribution < 1.29 is 0 Å². The standard InChI is InChI=1S/C18H32N2S/c1-17(2,3)13-9-7-12(8-10-13)15(19)16-20-14(11-21-16)18(4,5)6/h11-13,15H,7-10,19H2,1-6H3. The molecule has 0 aromatic carbocycles. The van der Waals surface area contributed by atoms with Crippen molar-refractivity contribution >= 4 is 11.3 Å². The van der Waals surface area contributed by atoms with Crippen LogP contribution in [0.4, 0.5) is 0 Å². The third-order valence-corrected chi connectivity index (χ3v) is 6.03. The van der Waals surface area contributed by atoms with Gasteiger partial charge in [-0.15, -0.1) is 11.3 Å². The number of aromatic nitrogens is 1. The van der Waals surface area contributed by atoms with Gasteiger partial charge in [0.2, 0.25) is 0 Å². The second-order valence-electron chi connectivity index (χ2n) is 8.82. The fourth-order valence-electron chi connectivity index (χ4n) is 3.33. The van der Waals surface area contributed by atoms with Crippen molar-refractivity contribution in [3.8, 4) is 0 Å². The highest BCUT2D eigenvalue weighted by Gasteiger charge is 2.33. The Morgan fingerprint density at radius 3 is 2.10 bits per heavy atom. The summed E-state index contributed by atoms with van der Waals surface area (Å²) in [6.07, 6.45) is 5.15. The van der Waals surface area contributed by atoms with Crippen LogP contribution in [-0.2, 0) is 5.41 Å². The van der Waals surface area contributed by atoms with Crippen molar-refractivity contribution in [2.75, 3.05) is 0 Å². The Labute approximate surface area is 134 Å². The molecule has 2 nitrogen and oxygen atoms in total. The van der Waals surface area contributed by atoms with Crippen LogP contribution in [0.15, 0.2) is 5.38 Å². The molecule has 1 heterocycles. The summed E-state index contributed by atoms with van der Waals surface area (Å²) < 4.78 is 0. The van der Waals surface area contributed by atoms with Gasteiger partial charge < -0.3 is 5.73 Å². The van der Waals surface area contributed by atoms with Crippen molar-refractivity contribution in [1.29, 1.82) is 0 Å². The van der Waals surface area contributed by atoms with Crippen molar-refractivity contribution in [3.63, 3.8) is 0 Å². The van der Waals surface area contributed by atoms with Crippen LogP contribution < -0.4 is 5.73 Å². The second-order valence-corrected chi connectivity index (χ2v) is 9.71. The Bertz CT molecular complexity index is 456. The summed E-state index contributed by atoms with van der Waals surface area (Å²) in [5, 5.41) is 3.33. The maximum Gasteiger partial charge on any atom is 0.110 e. The first-order valence-corrected chi connectivity index (χ1v) is 9.18. The number of rotatable bonds is 2. The molecule has 0 spiro atoms. The van der Waals surface area contributed by atoms with Crippen LogP contribution in [0, 0.1) is 17.3 Å². The maximum atomic E-state index is 6.53. The van der Waals surface area contributed by atoms with E-state index in [4.69, 9.17) is 10.7 Å². The van der Waals surface area contributed by atoms with Crippen molar-refractivity contribution in [3.05, 3.63) is 16.1 Å². The average molecular weight is 309 g/mol. The molecule has 1 aliphatic carbocycles. The van der Waals surface area contributed by atoms with Gasteiger partial charge in [-0.25, -0.2) is 4.98 Å². The van der Waals surface area contributed by atoms with Gasteiger partial charge in [-0.1, -0.05) is 41.5 Å². The fourth-order valence-corrected chi connectivity index (χ4v) is 4.47. The zero-order chi connectivity index (χ0) is 15.8. The molecule has 0 bridgehead atoms. The van der Waals surface area contributed by atoms with E-state index in [0.717, 1.165) is 10.9 Å². The van der Waals surface area contributed by atoms with E-state index in [1.807, 2.05) is 0 Å². The Kier molecular flexibility index (Phi) is 4.84. The predicted molar refractivity (Wildman–Crippen MR) is 92.6 cm³/mol. The Hall–Kier alpha value is -0.410. The predicted octanol–water partition coefficient (Wildman–Crippen LogP) is 5.29. The van der Waals surface area contributed by atoms with Gasteiger partial charge in [0.15, 0.2) is 0 Å². The molecule has 1 saturated carbocycles. The van der Waals surface area contributed by atoms with E-state index in [1.54, 1.807) is 11.3 Å². The molecule has 1 aromatic heterocycles. The molecular weight excluding hydrogens is 276 g/mol. The quantitative estimate of drug-likeness (QED) is 0.806. The minimum atomic E-state index is 0.123. The number of thiazole rings is 1. The lowest BCUT2D eigenvalue weighted by Crippen LogP contribution is -2.30. The first-order valence-electron chi connectivity index (χ1n) is 8.30. The zero-order valence-electron chi connectivity index (χ0n) is 14.6. The SMILES string of the molecule is CC(C)(C)c1csc(C(N)C2CCC(C(C)(C)C)CC2)n1. The first-order chi connectivity index (χ1) is 9.59. The summed E-state index contributed by atoms with van der Waals surface area (Å²) in [6, 6.07) is 0.131. The smallest absolute Gasteiger partial charge is 0.110 e. The van der Waals surface area contributed by atoms with E-state index in [9.17, 15) is 0 Å². The van der Waals surface area contributed by atoms with Crippen LogP contribution in [0.5, 0.6) is 0 Å². The van der Waals surface area contributed by atoms with Gasteiger partial charge in [-0.2, -0.15) is 0 Å². The van der Waals surface area contributed by atoms with Gasteiger partial charge >= 0.3 is 0 Å². The Balaban J connectivity index is 1.99. The summed E-state index contributed by atoms with van der Waals surface area (Å²) in [4.78, 5) is 4.82. The molecule has 0 aliphatic heterocycles. The Morgan fingerprint density at radius 2 is 1.67 bits per heavy atom. The third kappa shape index (κ3) is 4.07. The van der Waals surface area contributed by atoms with E-state index in [-0.39, 0.29) is 11.5 Å².